The lowest BCUT2D eigenvalue weighted by molar-refractivity contribution is -0.327. The molecule has 0 aromatic rings. The highest BCUT2D eigenvalue weighted by atomic mass is 16.7. The minimum absolute atomic E-state index is 0.0777. The number of rotatable bonds is 5. The van der Waals surface area contributed by atoms with Gasteiger partial charge in [-0.15, -0.1) is 0 Å². The number of hydrogen-bond acceptors (Lipinski definition) is 8. The predicted molar refractivity (Wildman–Crippen MR) is 124 cm³/mol. The van der Waals surface area contributed by atoms with E-state index in [-0.39, 0.29) is 29.0 Å². The summed E-state index contributed by atoms with van der Waals surface area (Å²) in [5, 5.41) is 60.2. The van der Waals surface area contributed by atoms with Gasteiger partial charge in [0.15, 0.2) is 6.29 Å². The van der Waals surface area contributed by atoms with E-state index in [1.54, 1.807) is 0 Å². The molecule has 3 aliphatic carbocycles. The molecule has 1 aliphatic heterocycles. The number of ether oxygens (including phenoxy) is 2. The number of aliphatic hydroxyl groups excluding tert-OH is 6. The third-order valence-electron chi connectivity index (χ3n) is 10.0. The highest BCUT2D eigenvalue weighted by Crippen LogP contribution is 2.64. The van der Waals surface area contributed by atoms with E-state index in [0.29, 0.717) is 11.8 Å². The zero-order valence-electron chi connectivity index (χ0n) is 20.9. The zero-order valence-corrected chi connectivity index (χ0v) is 20.9. The van der Waals surface area contributed by atoms with Gasteiger partial charge in [-0.3, -0.25) is 0 Å². The Morgan fingerprint density at radius 1 is 1.00 bits per heavy atom. The van der Waals surface area contributed by atoms with Crippen LogP contribution in [-0.2, 0) is 9.47 Å². The molecule has 4 rings (SSSR count). The van der Waals surface area contributed by atoms with Crippen LogP contribution in [-0.4, -0.2) is 86.8 Å². The van der Waals surface area contributed by atoms with E-state index in [0.717, 1.165) is 38.5 Å². The summed E-state index contributed by atoms with van der Waals surface area (Å²) in [6.45, 7) is 8.14. The molecule has 0 amide bonds. The summed E-state index contributed by atoms with van der Waals surface area (Å²) in [5.41, 5.74) is 0.879. The SMILES string of the molecule is CC1(C)[C@H]2CCC3=C[C@@](C)(C(O)CO)CC[C@H]3[C@]2(C)CC[C@H]1O[C@@H]1O[C@H](CO)[C@@H](O)[C@H](O)[C@H]1O. The maximum Gasteiger partial charge on any atom is 0.186 e. The third-order valence-corrected chi connectivity index (χ3v) is 10.0. The number of allylic oxidation sites excluding steroid dienone is 1. The first-order chi connectivity index (χ1) is 15.9. The molecule has 2 saturated carbocycles. The lowest BCUT2D eigenvalue weighted by Gasteiger charge is -2.62. The van der Waals surface area contributed by atoms with Crippen LogP contribution in [0.3, 0.4) is 0 Å². The largest absolute Gasteiger partial charge is 0.394 e. The fraction of sp³-hybridized carbons (Fsp3) is 0.923. The normalized spacial score (nSPS) is 49.5. The number of fused-ring (bicyclic) bond motifs is 3. The first kappa shape index (κ1) is 26.5. The van der Waals surface area contributed by atoms with Gasteiger partial charge in [0.25, 0.3) is 0 Å². The fourth-order valence-corrected chi connectivity index (χ4v) is 7.79. The van der Waals surface area contributed by atoms with Crippen LogP contribution in [0.2, 0.25) is 0 Å². The summed E-state index contributed by atoms with van der Waals surface area (Å²) < 4.78 is 11.9. The molecule has 6 N–H and O–H groups in total. The van der Waals surface area contributed by atoms with E-state index in [2.05, 4.69) is 26.8 Å². The van der Waals surface area contributed by atoms with Gasteiger partial charge in [0.2, 0.25) is 0 Å². The average Bonchev–Trinajstić information content (AvgIpc) is 2.80. The Bertz CT molecular complexity index is 768. The smallest absolute Gasteiger partial charge is 0.186 e. The van der Waals surface area contributed by atoms with Gasteiger partial charge in [-0.2, -0.15) is 0 Å². The lowest BCUT2D eigenvalue weighted by Crippen LogP contribution is -2.62. The van der Waals surface area contributed by atoms with Crippen molar-refractivity contribution < 1.29 is 40.1 Å². The molecular formula is C26H44O8. The highest BCUT2D eigenvalue weighted by molar-refractivity contribution is 5.25. The summed E-state index contributed by atoms with van der Waals surface area (Å²) in [5.74, 6) is 0.801. The van der Waals surface area contributed by atoms with Crippen molar-refractivity contribution in [3.8, 4) is 0 Å². The van der Waals surface area contributed by atoms with Gasteiger partial charge in [0.1, 0.15) is 24.4 Å². The Morgan fingerprint density at radius 2 is 1.71 bits per heavy atom. The van der Waals surface area contributed by atoms with Crippen LogP contribution in [0.1, 0.15) is 66.2 Å². The van der Waals surface area contributed by atoms with Gasteiger partial charge < -0.3 is 40.1 Å². The highest BCUT2D eigenvalue weighted by Gasteiger charge is 2.59. The first-order valence-corrected chi connectivity index (χ1v) is 12.9. The summed E-state index contributed by atoms with van der Waals surface area (Å²) in [6.07, 6.45) is 0.468. The van der Waals surface area contributed by atoms with E-state index in [9.17, 15) is 30.6 Å². The van der Waals surface area contributed by atoms with Crippen LogP contribution in [0.15, 0.2) is 11.6 Å². The Labute approximate surface area is 202 Å². The second-order valence-corrected chi connectivity index (χ2v) is 12.3. The molecule has 0 radical (unpaired) electrons. The second-order valence-electron chi connectivity index (χ2n) is 12.3. The lowest BCUT2D eigenvalue weighted by atomic mass is 9.45. The monoisotopic (exact) mass is 484 g/mol. The summed E-state index contributed by atoms with van der Waals surface area (Å²) in [7, 11) is 0. The van der Waals surface area contributed by atoms with E-state index < -0.39 is 43.4 Å². The molecule has 1 heterocycles. The van der Waals surface area contributed by atoms with E-state index in [1.165, 1.54) is 5.57 Å². The molecule has 34 heavy (non-hydrogen) atoms. The van der Waals surface area contributed by atoms with Crippen molar-refractivity contribution in [2.24, 2.45) is 28.1 Å². The Kier molecular flexibility index (Phi) is 7.30. The maximum atomic E-state index is 10.5. The summed E-state index contributed by atoms with van der Waals surface area (Å²) in [6, 6.07) is 0. The van der Waals surface area contributed by atoms with Crippen LogP contribution in [0.5, 0.6) is 0 Å². The van der Waals surface area contributed by atoms with Crippen molar-refractivity contribution in [1.29, 1.82) is 0 Å². The molecule has 196 valence electrons. The minimum Gasteiger partial charge on any atom is -0.394 e. The average molecular weight is 485 g/mol. The number of aliphatic hydroxyl groups is 6. The Balaban J connectivity index is 1.53. The molecule has 0 aromatic heterocycles. The molecule has 1 unspecified atom stereocenters. The second kappa shape index (κ2) is 9.38. The third kappa shape index (κ3) is 4.18. The summed E-state index contributed by atoms with van der Waals surface area (Å²) in [4.78, 5) is 0. The van der Waals surface area contributed by atoms with Gasteiger partial charge in [-0.25, -0.2) is 0 Å². The molecule has 8 heteroatoms. The molecule has 11 atom stereocenters. The standard InChI is InChI=1S/C26H44O8/c1-24(2)17-6-5-14-11-25(3,18(29)13-28)9-7-15(14)26(17,4)10-8-19(24)34-23-22(32)21(31)20(30)16(12-27)33-23/h11,15-23,27-32H,5-10,12-13H2,1-4H3/t15-,16-,17-,18?,19-,20-,21+,22-,23+,25+,26+/m1/s1. The predicted octanol–water partition coefficient (Wildman–Crippen LogP) is 1.10. The topological polar surface area (TPSA) is 140 Å². The van der Waals surface area contributed by atoms with E-state index >= 15 is 0 Å². The van der Waals surface area contributed by atoms with Crippen molar-refractivity contribution in [2.45, 2.75) is 109 Å². The van der Waals surface area contributed by atoms with Crippen molar-refractivity contribution in [1.82, 2.24) is 0 Å². The fourth-order valence-electron chi connectivity index (χ4n) is 7.79. The Hall–Kier alpha value is -0.580. The van der Waals surface area contributed by atoms with Gasteiger partial charge in [-0.1, -0.05) is 39.3 Å². The van der Waals surface area contributed by atoms with E-state index in [1.807, 2.05) is 6.92 Å². The zero-order chi connectivity index (χ0) is 25.1. The van der Waals surface area contributed by atoms with Crippen molar-refractivity contribution >= 4 is 0 Å². The van der Waals surface area contributed by atoms with Crippen molar-refractivity contribution in [3.63, 3.8) is 0 Å². The Morgan fingerprint density at radius 3 is 2.35 bits per heavy atom. The molecular weight excluding hydrogens is 440 g/mol. The van der Waals surface area contributed by atoms with Crippen molar-refractivity contribution in [2.75, 3.05) is 13.2 Å². The van der Waals surface area contributed by atoms with Gasteiger partial charge in [0, 0.05) is 5.41 Å². The quantitative estimate of drug-likeness (QED) is 0.252. The minimum atomic E-state index is -1.44. The number of hydrogen-bond donors (Lipinski definition) is 6. The van der Waals surface area contributed by atoms with Crippen LogP contribution in [0.4, 0.5) is 0 Å². The molecule has 0 spiro atoms. The maximum absolute atomic E-state index is 10.5. The molecule has 3 fully saturated rings. The molecule has 0 bridgehead atoms. The molecule has 0 aromatic carbocycles. The summed E-state index contributed by atoms with van der Waals surface area (Å²) >= 11 is 0. The molecule has 1 saturated heterocycles. The van der Waals surface area contributed by atoms with Gasteiger partial charge in [-0.05, 0) is 61.2 Å². The van der Waals surface area contributed by atoms with Gasteiger partial charge in [0.05, 0.1) is 25.4 Å². The van der Waals surface area contributed by atoms with Gasteiger partial charge >= 0.3 is 0 Å². The van der Waals surface area contributed by atoms with Crippen LogP contribution in [0.25, 0.3) is 0 Å². The van der Waals surface area contributed by atoms with Crippen LogP contribution >= 0.6 is 0 Å². The van der Waals surface area contributed by atoms with Crippen LogP contribution in [0, 0.1) is 28.1 Å². The van der Waals surface area contributed by atoms with Crippen molar-refractivity contribution in [3.05, 3.63) is 11.6 Å². The molecule has 8 nitrogen and oxygen atoms in total. The van der Waals surface area contributed by atoms with E-state index in [4.69, 9.17) is 9.47 Å². The van der Waals surface area contributed by atoms with Crippen LogP contribution < -0.4 is 0 Å². The molecule has 4 aliphatic rings. The first-order valence-electron chi connectivity index (χ1n) is 12.9.